The fourth-order valence-corrected chi connectivity index (χ4v) is 5.92. The van der Waals surface area contributed by atoms with Gasteiger partial charge in [-0.15, -0.1) is 0 Å². The van der Waals surface area contributed by atoms with Crippen LogP contribution in [0.15, 0.2) is 47.4 Å². The van der Waals surface area contributed by atoms with Crippen molar-refractivity contribution in [2.24, 2.45) is 0 Å². The second-order valence-electron chi connectivity index (χ2n) is 9.27. The first-order valence-corrected chi connectivity index (χ1v) is 13.0. The van der Waals surface area contributed by atoms with Crippen molar-refractivity contribution in [1.82, 2.24) is 10.2 Å². The summed E-state index contributed by atoms with van der Waals surface area (Å²) in [4.78, 5) is 25.1. The van der Waals surface area contributed by atoms with Crippen molar-refractivity contribution in [2.45, 2.75) is 48.2 Å². The van der Waals surface area contributed by atoms with Gasteiger partial charge in [0.25, 0.3) is 15.6 Å². The van der Waals surface area contributed by atoms with Crippen LogP contribution in [0.3, 0.4) is 0 Å². The van der Waals surface area contributed by atoms with Crippen LogP contribution in [0.25, 0.3) is 0 Å². The summed E-state index contributed by atoms with van der Waals surface area (Å²) in [6.45, 7) is -0.406. The number of halogens is 7. The highest BCUT2D eigenvalue weighted by molar-refractivity contribution is 7.92. The van der Waals surface area contributed by atoms with Crippen molar-refractivity contribution < 1.29 is 53.8 Å². The van der Waals surface area contributed by atoms with E-state index in [1.807, 2.05) is 0 Å². The highest BCUT2D eigenvalue weighted by atomic mass is 32.2. The first-order chi connectivity index (χ1) is 18.3. The maximum Gasteiger partial charge on any atom is 0.430 e. The molecule has 8 nitrogen and oxygen atoms in total. The summed E-state index contributed by atoms with van der Waals surface area (Å²) in [5, 5.41) is 12.1. The van der Waals surface area contributed by atoms with Crippen LogP contribution in [0.2, 0.25) is 0 Å². The largest absolute Gasteiger partial charge is 0.430 e. The highest BCUT2D eigenvalue weighted by Gasteiger charge is 2.71. The van der Waals surface area contributed by atoms with Crippen LogP contribution in [0.1, 0.15) is 24.0 Å². The molecular formula is C24H24F7N3O5S. The van der Waals surface area contributed by atoms with E-state index in [4.69, 9.17) is 0 Å². The second kappa shape index (κ2) is 10.9. The number of hydrogen-bond donors (Lipinski definition) is 2. The first-order valence-electron chi connectivity index (χ1n) is 11.6. The molecule has 0 saturated carbocycles. The van der Waals surface area contributed by atoms with Gasteiger partial charge in [-0.25, -0.2) is 12.8 Å². The molecule has 1 atom stereocenters. The molecule has 1 aliphatic rings. The van der Waals surface area contributed by atoms with Crippen LogP contribution >= 0.6 is 0 Å². The molecule has 0 saturated heterocycles. The normalized spacial score (nSPS) is 16.4. The summed E-state index contributed by atoms with van der Waals surface area (Å²) in [6, 6.07) is 3.74. The van der Waals surface area contributed by atoms with Crippen LogP contribution in [-0.2, 0) is 31.6 Å². The van der Waals surface area contributed by atoms with Crippen LogP contribution in [0, 0.1) is 5.82 Å². The summed E-state index contributed by atoms with van der Waals surface area (Å²) in [6.07, 6.45) is -13.3. The van der Waals surface area contributed by atoms with Gasteiger partial charge in [0.2, 0.25) is 11.8 Å². The Balaban J connectivity index is 2.09. The fraction of sp³-hybridized carbons (Fsp3) is 0.417. The highest BCUT2D eigenvalue weighted by Crippen LogP contribution is 2.51. The van der Waals surface area contributed by atoms with Crippen molar-refractivity contribution in [3.05, 3.63) is 59.4 Å². The number of aliphatic hydroxyl groups is 1. The molecule has 2 amide bonds. The summed E-state index contributed by atoms with van der Waals surface area (Å²) in [5.41, 5.74) is -7.39. The van der Waals surface area contributed by atoms with E-state index in [1.54, 1.807) is 0 Å². The van der Waals surface area contributed by atoms with E-state index in [0.29, 0.717) is 22.5 Å². The second-order valence-corrected chi connectivity index (χ2v) is 11.1. The average molecular weight is 600 g/mol. The molecular weight excluding hydrogens is 575 g/mol. The lowest BCUT2D eigenvalue weighted by atomic mass is 9.87. The Morgan fingerprint density at radius 3 is 2.12 bits per heavy atom. The first kappa shape index (κ1) is 31.1. The average Bonchev–Trinajstić information content (AvgIpc) is 2.84. The lowest BCUT2D eigenvalue weighted by molar-refractivity contribution is -0.376. The number of nitrogens with one attached hydrogen (secondary N) is 1. The number of carbonyl (C=O) groups excluding carboxylic acids is 2. The standard InChI is InChI=1S/C24H24F7N3O5S/c1-33(2)21(36)13-32-20(35)12-17-7-3-14-11-15(22(37,23(26,27)28)24(29,30)31)4-10-19(14)34(17)40(38,39)18-8-5-16(25)6-9-18/h4-6,8-11,17,37H,3,7,12-13H2,1-2H3,(H,32,35). The number of carbonyl (C=O) groups is 2. The Bertz CT molecular complexity index is 1360. The lowest BCUT2D eigenvalue weighted by Crippen LogP contribution is -2.54. The molecule has 40 heavy (non-hydrogen) atoms. The summed E-state index contributed by atoms with van der Waals surface area (Å²) in [5.74, 6) is -1.99. The number of fused-ring (bicyclic) bond motifs is 1. The molecule has 0 spiro atoms. The zero-order valence-corrected chi connectivity index (χ0v) is 21.8. The SMILES string of the molecule is CN(C)C(=O)CNC(=O)CC1CCc2cc(C(O)(C(F)(F)F)C(F)(F)F)ccc2N1S(=O)(=O)c1ccc(F)cc1. The van der Waals surface area contributed by atoms with Crippen molar-refractivity contribution in [3.8, 4) is 0 Å². The third-order valence-electron chi connectivity index (χ3n) is 6.36. The molecule has 1 aliphatic heterocycles. The van der Waals surface area contributed by atoms with Gasteiger partial charge in [-0.05, 0) is 48.7 Å². The van der Waals surface area contributed by atoms with Gasteiger partial charge in [0.05, 0.1) is 23.2 Å². The van der Waals surface area contributed by atoms with E-state index < -0.39 is 75.1 Å². The molecule has 1 heterocycles. The predicted octanol–water partition coefficient (Wildman–Crippen LogP) is 3.24. The monoisotopic (exact) mass is 599 g/mol. The maximum absolute atomic E-state index is 13.6. The molecule has 0 aromatic heterocycles. The minimum Gasteiger partial charge on any atom is -0.369 e. The van der Waals surface area contributed by atoms with Gasteiger partial charge < -0.3 is 15.3 Å². The molecule has 1 unspecified atom stereocenters. The molecule has 0 radical (unpaired) electrons. The van der Waals surface area contributed by atoms with Crippen molar-refractivity contribution >= 4 is 27.5 Å². The number of hydrogen-bond acceptors (Lipinski definition) is 5. The van der Waals surface area contributed by atoms with E-state index >= 15 is 0 Å². The van der Waals surface area contributed by atoms with E-state index in [1.165, 1.54) is 19.0 Å². The molecule has 220 valence electrons. The molecule has 16 heteroatoms. The number of sulfonamides is 1. The van der Waals surface area contributed by atoms with Gasteiger partial charge >= 0.3 is 12.4 Å². The van der Waals surface area contributed by atoms with E-state index in [2.05, 4.69) is 5.32 Å². The topological polar surface area (TPSA) is 107 Å². The Morgan fingerprint density at radius 1 is 1.02 bits per heavy atom. The van der Waals surface area contributed by atoms with E-state index in [9.17, 15) is 53.8 Å². The molecule has 2 N–H and O–H groups in total. The number of likely N-dealkylation sites (N-methyl/N-ethyl adjacent to an activating group) is 1. The molecule has 3 rings (SSSR count). The molecule has 2 aromatic rings. The van der Waals surface area contributed by atoms with Gasteiger partial charge in [0.1, 0.15) is 5.82 Å². The Hall–Kier alpha value is -3.40. The van der Waals surface area contributed by atoms with Crippen molar-refractivity contribution in [2.75, 3.05) is 24.9 Å². The Kier molecular flexibility index (Phi) is 8.46. The smallest absolute Gasteiger partial charge is 0.369 e. The number of anilines is 1. The number of rotatable bonds is 7. The fourth-order valence-electron chi connectivity index (χ4n) is 4.20. The van der Waals surface area contributed by atoms with Gasteiger partial charge in [-0.3, -0.25) is 13.9 Å². The molecule has 0 fully saturated rings. The van der Waals surface area contributed by atoms with Gasteiger partial charge in [-0.2, -0.15) is 26.3 Å². The van der Waals surface area contributed by atoms with E-state index in [0.717, 1.165) is 24.3 Å². The minimum atomic E-state index is -6.15. The number of benzene rings is 2. The van der Waals surface area contributed by atoms with Gasteiger partial charge in [-0.1, -0.05) is 12.1 Å². The van der Waals surface area contributed by atoms with Crippen molar-refractivity contribution in [1.29, 1.82) is 0 Å². The lowest BCUT2D eigenvalue weighted by Gasteiger charge is -2.39. The van der Waals surface area contributed by atoms with E-state index in [-0.39, 0.29) is 24.1 Å². The number of nitrogens with zero attached hydrogens (tertiary/aromatic N) is 2. The van der Waals surface area contributed by atoms with Crippen molar-refractivity contribution in [3.63, 3.8) is 0 Å². The van der Waals surface area contributed by atoms with Crippen LogP contribution in [0.4, 0.5) is 36.4 Å². The zero-order chi connectivity index (χ0) is 30.3. The number of amides is 2. The third-order valence-corrected chi connectivity index (χ3v) is 8.24. The van der Waals surface area contributed by atoms with Gasteiger partial charge in [0, 0.05) is 26.1 Å². The summed E-state index contributed by atoms with van der Waals surface area (Å²) >= 11 is 0. The molecule has 0 aliphatic carbocycles. The maximum atomic E-state index is 13.6. The third kappa shape index (κ3) is 5.87. The van der Waals surface area contributed by atoms with Crippen LogP contribution in [-0.4, -0.2) is 69.3 Å². The number of aryl methyl sites for hydroxylation is 1. The van der Waals surface area contributed by atoms with Crippen LogP contribution < -0.4 is 9.62 Å². The summed E-state index contributed by atoms with van der Waals surface area (Å²) in [7, 11) is -1.75. The molecule has 0 bridgehead atoms. The van der Waals surface area contributed by atoms with Crippen LogP contribution in [0.5, 0.6) is 0 Å². The Labute approximate surface area is 224 Å². The molecule has 2 aromatic carbocycles. The Morgan fingerprint density at radius 2 is 1.60 bits per heavy atom. The van der Waals surface area contributed by atoms with Gasteiger partial charge in [0.15, 0.2) is 0 Å². The summed E-state index contributed by atoms with van der Waals surface area (Å²) < 4.78 is 122. The zero-order valence-electron chi connectivity index (χ0n) is 21.0. The quantitative estimate of drug-likeness (QED) is 0.476. The number of alkyl halides is 6. The minimum absolute atomic E-state index is 0.220. The predicted molar refractivity (Wildman–Crippen MR) is 127 cm³/mol.